The number of amides is 2. The number of hydrogen-bond donors (Lipinski definition) is 3. The lowest BCUT2D eigenvalue weighted by molar-refractivity contribution is 0.262. The van der Waals surface area contributed by atoms with Crippen molar-refractivity contribution in [3.63, 3.8) is 0 Å². The molecule has 0 spiro atoms. The van der Waals surface area contributed by atoms with Crippen LogP contribution < -0.4 is 15.4 Å². The molecule has 0 saturated carbocycles. The van der Waals surface area contributed by atoms with Crippen LogP contribution >= 0.6 is 23.2 Å². The first-order chi connectivity index (χ1) is 14.3. The Balaban J connectivity index is 1.90. The van der Waals surface area contributed by atoms with Gasteiger partial charge in [0, 0.05) is 0 Å². The summed E-state index contributed by atoms with van der Waals surface area (Å²) >= 11 is 12.0. The Morgan fingerprint density at radius 2 is 1.50 bits per heavy atom. The fraction of sp³-hybridized carbons (Fsp3) is 0. The number of halogens is 2. The molecule has 0 bridgehead atoms. The molecule has 0 aliphatic heterocycles. The van der Waals surface area contributed by atoms with Gasteiger partial charge in [0.05, 0.1) is 37.6 Å². The van der Waals surface area contributed by atoms with Gasteiger partial charge in [0.1, 0.15) is 6.07 Å². The summed E-state index contributed by atoms with van der Waals surface area (Å²) in [6.07, 6.45) is 0. The second-order valence-electron chi connectivity index (χ2n) is 5.94. The largest absolute Gasteiger partial charge is 0.323 e. The van der Waals surface area contributed by atoms with Crippen LogP contribution in [0.4, 0.5) is 21.9 Å². The van der Waals surface area contributed by atoms with Gasteiger partial charge in [0.15, 0.2) is 0 Å². The first-order valence-corrected chi connectivity index (χ1v) is 10.7. The van der Waals surface area contributed by atoms with E-state index in [0.29, 0.717) is 0 Å². The highest BCUT2D eigenvalue weighted by atomic mass is 35.5. The molecule has 10 heteroatoms. The number of sulfonamides is 1. The summed E-state index contributed by atoms with van der Waals surface area (Å²) < 4.78 is 27.8. The summed E-state index contributed by atoms with van der Waals surface area (Å²) in [4.78, 5) is 12.5. The van der Waals surface area contributed by atoms with E-state index in [2.05, 4.69) is 15.4 Å². The van der Waals surface area contributed by atoms with E-state index in [1.807, 2.05) is 6.07 Å². The van der Waals surface area contributed by atoms with E-state index >= 15 is 0 Å². The molecule has 0 fully saturated rings. The van der Waals surface area contributed by atoms with Crippen LogP contribution in [0.1, 0.15) is 5.56 Å². The van der Waals surface area contributed by atoms with Crippen LogP contribution in [0.15, 0.2) is 71.6 Å². The number of carbonyl (C=O) groups excluding carboxylic acids is 1. The lowest BCUT2D eigenvalue weighted by atomic mass is 10.1. The summed E-state index contributed by atoms with van der Waals surface area (Å²) in [6, 6.07) is 18.0. The second-order valence-corrected chi connectivity index (χ2v) is 8.41. The fourth-order valence-electron chi connectivity index (χ4n) is 2.53. The monoisotopic (exact) mass is 460 g/mol. The summed E-state index contributed by atoms with van der Waals surface area (Å²) in [5.74, 6) is 0. The molecule has 0 heterocycles. The Morgan fingerprint density at radius 1 is 0.867 bits per heavy atom. The molecule has 3 N–H and O–H groups in total. The fourth-order valence-corrected chi connectivity index (χ4v) is 4.00. The summed E-state index contributed by atoms with van der Waals surface area (Å²) in [7, 11) is -3.99. The number of urea groups is 1. The molecule has 3 rings (SSSR count). The maximum Gasteiger partial charge on any atom is 0.323 e. The van der Waals surface area contributed by atoms with Crippen molar-refractivity contribution in [3.05, 3.63) is 82.3 Å². The summed E-state index contributed by atoms with van der Waals surface area (Å²) in [5, 5.41) is 14.9. The number of hydrogen-bond acceptors (Lipinski definition) is 4. The van der Waals surface area contributed by atoms with Crippen molar-refractivity contribution in [3.8, 4) is 6.07 Å². The van der Waals surface area contributed by atoms with Crippen LogP contribution in [-0.4, -0.2) is 14.4 Å². The SMILES string of the molecule is N#Cc1cccc(NC(=O)Nc2cccc(Cl)c2Cl)c1NS(=O)(=O)c1ccccc1. The van der Waals surface area contributed by atoms with Gasteiger partial charge in [-0.1, -0.05) is 53.5 Å². The smallest absolute Gasteiger partial charge is 0.306 e. The van der Waals surface area contributed by atoms with Crippen LogP contribution in [0.2, 0.25) is 10.0 Å². The predicted molar refractivity (Wildman–Crippen MR) is 118 cm³/mol. The third-order valence-corrected chi connectivity index (χ3v) is 6.11. The van der Waals surface area contributed by atoms with Gasteiger partial charge in [0.2, 0.25) is 0 Å². The average Bonchev–Trinajstić information content (AvgIpc) is 2.73. The zero-order valence-electron chi connectivity index (χ0n) is 15.2. The van der Waals surface area contributed by atoms with Crippen LogP contribution in [0, 0.1) is 11.3 Å². The van der Waals surface area contributed by atoms with E-state index in [0.717, 1.165) is 0 Å². The summed E-state index contributed by atoms with van der Waals surface area (Å²) in [5.41, 5.74) is 0.331. The van der Waals surface area contributed by atoms with Crippen molar-refractivity contribution >= 4 is 56.3 Å². The maximum absolute atomic E-state index is 12.7. The molecular weight excluding hydrogens is 447 g/mol. The van der Waals surface area contributed by atoms with Crippen molar-refractivity contribution in [1.82, 2.24) is 0 Å². The number of benzene rings is 3. The Morgan fingerprint density at radius 3 is 2.20 bits per heavy atom. The predicted octanol–water partition coefficient (Wildman–Crippen LogP) is 5.31. The van der Waals surface area contributed by atoms with E-state index < -0.39 is 16.1 Å². The standard InChI is InChI=1S/C20H14Cl2N4O3S/c21-15-9-5-10-16(18(15)22)24-20(27)25-17-11-4-6-13(12-23)19(17)26-30(28,29)14-7-2-1-3-8-14/h1-11,26H,(H2,24,25,27). The second kappa shape index (κ2) is 9.05. The van der Waals surface area contributed by atoms with Crippen molar-refractivity contribution < 1.29 is 13.2 Å². The molecular formula is C20H14Cl2N4O3S. The average molecular weight is 461 g/mol. The van der Waals surface area contributed by atoms with Crippen LogP contribution in [0.3, 0.4) is 0 Å². The van der Waals surface area contributed by atoms with Gasteiger partial charge in [-0.2, -0.15) is 5.26 Å². The number of nitrogens with one attached hydrogen (secondary N) is 3. The number of nitrogens with zero attached hydrogens (tertiary/aromatic N) is 1. The molecule has 152 valence electrons. The third-order valence-electron chi connectivity index (χ3n) is 3.92. The maximum atomic E-state index is 12.7. The highest BCUT2D eigenvalue weighted by molar-refractivity contribution is 7.92. The molecule has 0 aliphatic carbocycles. The molecule has 0 unspecified atom stereocenters. The molecule has 3 aromatic rings. The van der Waals surface area contributed by atoms with E-state index in [4.69, 9.17) is 23.2 Å². The molecule has 7 nitrogen and oxygen atoms in total. The van der Waals surface area contributed by atoms with Gasteiger partial charge in [-0.3, -0.25) is 4.72 Å². The van der Waals surface area contributed by atoms with Crippen LogP contribution in [0.25, 0.3) is 0 Å². The van der Waals surface area contributed by atoms with Crippen molar-refractivity contribution in [2.24, 2.45) is 0 Å². The van der Waals surface area contributed by atoms with E-state index in [1.54, 1.807) is 36.4 Å². The summed E-state index contributed by atoms with van der Waals surface area (Å²) in [6.45, 7) is 0. The van der Waals surface area contributed by atoms with E-state index in [1.165, 1.54) is 30.3 Å². The van der Waals surface area contributed by atoms with Crippen molar-refractivity contribution in [2.75, 3.05) is 15.4 Å². The number of anilines is 3. The van der Waals surface area contributed by atoms with Gasteiger partial charge in [0.25, 0.3) is 10.0 Å². The molecule has 0 aromatic heterocycles. The normalized spacial score (nSPS) is 10.7. The third kappa shape index (κ3) is 4.83. The lowest BCUT2D eigenvalue weighted by Crippen LogP contribution is -2.22. The van der Waals surface area contributed by atoms with Gasteiger partial charge >= 0.3 is 6.03 Å². The van der Waals surface area contributed by atoms with Gasteiger partial charge in [-0.05, 0) is 36.4 Å². The number of carbonyl (C=O) groups is 1. The zero-order chi connectivity index (χ0) is 21.7. The quantitative estimate of drug-likeness (QED) is 0.478. The van der Waals surface area contributed by atoms with Crippen LogP contribution in [-0.2, 0) is 10.0 Å². The van der Waals surface area contributed by atoms with Crippen LogP contribution in [0.5, 0.6) is 0 Å². The number of rotatable bonds is 5. The molecule has 0 aliphatic rings. The molecule has 30 heavy (non-hydrogen) atoms. The number of nitriles is 1. The highest BCUT2D eigenvalue weighted by Gasteiger charge is 2.19. The molecule has 0 saturated heterocycles. The topological polar surface area (TPSA) is 111 Å². The Bertz CT molecular complexity index is 1240. The molecule has 2 amide bonds. The molecule has 0 atom stereocenters. The van der Waals surface area contributed by atoms with Gasteiger partial charge < -0.3 is 10.6 Å². The minimum atomic E-state index is -3.99. The Kier molecular flexibility index (Phi) is 6.47. The minimum Gasteiger partial charge on any atom is -0.306 e. The molecule has 3 aromatic carbocycles. The number of para-hydroxylation sites is 1. The van der Waals surface area contributed by atoms with Crippen molar-refractivity contribution in [1.29, 1.82) is 5.26 Å². The highest BCUT2D eigenvalue weighted by Crippen LogP contribution is 2.31. The van der Waals surface area contributed by atoms with Gasteiger partial charge in [-0.25, -0.2) is 13.2 Å². The Hall–Kier alpha value is -3.25. The van der Waals surface area contributed by atoms with Crippen molar-refractivity contribution in [2.45, 2.75) is 4.90 Å². The Labute approximate surface area is 183 Å². The van der Waals surface area contributed by atoms with E-state index in [9.17, 15) is 18.5 Å². The van der Waals surface area contributed by atoms with Gasteiger partial charge in [-0.15, -0.1) is 0 Å². The zero-order valence-corrected chi connectivity index (χ0v) is 17.5. The molecule has 0 radical (unpaired) electrons. The lowest BCUT2D eigenvalue weighted by Gasteiger charge is -2.16. The minimum absolute atomic E-state index is 0.0128. The first-order valence-electron chi connectivity index (χ1n) is 8.45. The first kappa shape index (κ1) is 21.5. The van der Waals surface area contributed by atoms with E-state index in [-0.39, 0.29) is 37.6 Å².